The fraction of sp³-hybridized carbons (Fsp3) is 0.195. The highest BCUT2D eigenvalue weighted by Gasteiger charge is 2.33. The summed E-state index contributed by atoms with van der Waals surface area (Å²) in [5.41, 5.74) is 9.21. The summed E-state index contributed by atoms with van der Waals surface area (Å²) < 4.78 is 7.70. The largest absolute Gasteiger partial charge is 0.296 e. The third kappa shape index (κ3) is 3.82. The lowest BCUT2D eigenvalue weighted by Gasteiger charge is -2.18. The van der Waals surface area contributed by atoms with Gasteiger partial charge in [0, 0.05) is 26.6 Å². The predicted molar refractivity (Wildman–Crippen MR) is 191 cm³/mol. The lowest BCUT2D eigenvalue weighted by atomic mass is 9.92. The van der Waals surface area contributed by atoms with E-state index in [2.05, 4.69) is 154 Å². The van der Waals surface area contributed by atoms with Gasteiger partial charge in [-0.3, -0.25) is 0 Å². The Kier molecular flexibility index (Phi) is 6.18. The van der Waals surface area contributed by atoms with E-state index in [0.29, 0.717) is 11.8 Å². The topological polar surface area (TPSA) is 8.81 Å². The number of aromatic nitrogens is 2. The molecule has 0 unspecified atom stereocenters. The van der Waals surface area contributed by atoms with Gasteiger partial charge in [-0.15, -0.1) is 11.3 Å². The first-order valence-corrected chi connectivity index (χ1v) is 16.6. The van der Waals surface area contributed by atoms with Crippen molar-refractivity contribution in [3.63, 3.8) is 0 Å². The molecule has 3 heteroatoms. The molecule has 0 fully saturated rings. The van der Waals surface area contributed by atoms with Crippen LogP contribution in [0.2, 0.25) is 0 Å². The van der Waals surface area contributed by atoms with Crippen molar-refractivity contribution >= 4 is 64.1 Å². The summed E-state index contributed by atoms with van der Waals surface area (Å²) in [7, 11) is 2.24. The molecule has 0 N–H and O–H groups in total. The number of hydrogen-bond acceptors (Lipinski definition) is 1. The minimum absolute atomic E-state index is 0.394. The van der Waals surface area contributed by atoms with E-state index < -0.39 is 0 Å². The van der Waals surface area contributed by atoms with Crippen LogP contribution in [0.3, 0.4) is 0 Å². The molecule has 0 bridgehead atoms. The number of aryl methyl sites for hydroxylation is 2. The molecule has 0 aliphatic heterocycles. The third-order valence-electron chi connectivity index (χ3n) is 9.54. The van der Waals surface area contributed by atoms with Gasteiger partial charge in [-0.05, 0) is 64.1 Å². The van der Waals surface area contributed by atoms with Crippen LogP contribution in [-0.2, 0) is 7.05 Å². The minimum Gasteiger partial charge on any atom is -0.225 e. The molecular formula is C41H37N2S+. The second kappa shape index (κ2) is 10.0. The quantitative estimate of drug-likeness (QED) is 0.143. The number of rotatable bonds is 4. The predicted octanol–water partition coefficient (Wildman–Crippen LogP) is 11.4. The number of fused-ring (bicyclic) bond motifs is 8. The smallest absolute Gasteiger partial charge is 0.225 e. The first kappa shape index (κ1) is 27.1. The van der Waals surface area contributed by atoms with Crippen LogP contribution in [0.4, 0.5) is 0 Å². The Morgan fingerprint density at radius 3 is 2.09 bits per heavy atom. The molecule has 2 aromatic heterocycles. The number of benzene rings is 6. The van der Waals surface area contributed by atoms with Gasteiger partial charge < -0.3 is 0 Å². The van der Waals surface area contributed by atoms with Gasteiger partial charge in [0.2, 0.25) is 0 Å². The summed E-state index contributed by atoms with van der Waals surface area (Å²) in [4.78, 5) is 0. The van der Waals surface area contributed by atoms with Gasteiger partial charge in [0.25, 0.3) is 5.82 Å². The summed E-state index contributed by atoms with van der Waals surface area (Å²) in [6.45, 7) is 11.6. The average molecular weight is 590 g/mol. The third-order valence-corrected chi connectivity index (χ3v) is 10.7. The maximum Gasteiger partial charge on any atom is 0.296 e. The summed E-state index contributed by atoms with van der Waals surface area (Å²) in [6, 6.07) is 38.5. The van der Waals surface area contributed by atoms with Gasteiger partial charge in [-0.1, -0.05) is 113 Å². The van der Waals surface area contributed by atoms with Gasteiger partial charge >= 0.3 is 0 Å². The van der Waals surface area contributed by atoms with E-state index in [-0.39, 0.29) is 0 Å². The number of imidazole rings is 1. The monoisotopic (exact) mass is 589 g/mol. The van der Waals surface area contributed by atoms with Crippen LogP contribution in [0.15, 0.2) is 103 Å². The highest BCUT2D eigenvalue weighted by atomic mass is 32.1. The van der Waals surface area contributed by atoms with E-state index in [1.54, 1.807) is 0 Å². The van der Waals surface area contributed by atoms with Crippen molar-refractivity contribution in [1.82, 2.24) is 4.57 Å². The number of hydrogen-bond donors (Lipinski definition) is 0. The van der Waals surface area contributed by atoms with Gasteiger partial charge in [0.05, 0.1) is 17.3 Å². The molecule has 8 rings (SSSR count). The van der Waals surface area contributed by atoms with Crippen LogP contribution >= 0.6 is 11.3 Å². The van der Waals surface area contributed by atoms with Crippen LogP contribution in [0, 0.1) is 6.92 Å². The summed E-state index contributed by atoms with van der Waals surface area (Å²) in [5.74, 6) is 2.03. The normalized spacial score (nSPS) is 12.3. The standard InChI is InChI=1S/C41H37N2S/c1-24(2)28-14-11-15-29(25(3)4)39(28)43-35-17-10-9-16-34(35)42(6)41(43)37-26(5)18-20-33-38-32-21-19-27-12-7-8-13-30(27)31(32)22-23-36(38)44-40(33)37/h7-25H,1-6H3/q+1. The summed E-state index contributed by atoms with van der Waals surface area (Å²) >= 11 is 1.93. The van der Waals surface area contributed by atoms with E-state index in [1.165, 1.54) is 86.5 Å². The van der Waals surface area contributed by atoms with Crippen molar-refractivity contribution in [2.75, 3.05) is 0 Å². The van der Waals surface area contributed by atoms with Crippen molar-refractivity contribution in [2.24, 2.45) is 7.05 Å². The molecule has 44 heavy (non-hydrogen) atoms. The Hall–Kier alpha value is -4.47. The molecule has 0 spiro atoms. The molecule has 0 atom stereocenters. The highest BCUT2D eigenvalue weighted by Crippen LogP contribution is 2.46. The Morgan fingerprint density at radius 1 is 0.636 bits per heavy atom. The zero-order valence-corrected chi connectivity index (χ0v) is 27.1. The molecule has 0 aliphatic rings. The van der Waals surface area contributed by atoms with Crippen molar-refractivity contribution < 1.29 is 4.57 Å². The lowest BCUT2D eigenvalue weighted by molar-refractivity contribution is -0.633. The first-order chi connectivity index (χ1) is 21.3. The fourth-order valence-corrected chi connectivity index (χ4v) is 8.71. The first-order valence-electron chi connectivity index (χ1n) is 15.7. The molecular weight excluding hydrogens is 553 g/mol. The molecule has 0 saturated heterocycles. The van der Waals surface area contributed by atoms with E-state index in [0.717, 1.165) is 0 Å². The molecule has 0 aliphatic carbocycles. The Labute approximate surface area is 262 Å². The Morgan fingerprint density at radius 2 is 1.32 bits per heavy atom. The maximum absolute atomic E-state index is 2.58. The van der Waals surface area contributed by atoms with Crippen molar-refractivity contribution in [2.45, 2.75) is 46.5 Å². The highest BCUT2D eigenvalue weighted by molar-refractivity contribution is 7.26. The second-order valence-corrected chi connectivity index (χ2v) is 13.9. The van der Waals surface area contributed by atoms with E-state index >= 15 is 0 Å². The van der Waals surface area contributed by atoms with Gasteiger partial charge in [0.15, 0.2) is 11.0 Å². The van der Waals surface area contributed by atoms with Crippen molar-refractivity contribution in [3.8, 4) is 17.1 Å². The van der Waals surface area contributed by atoms with Gasteiger partial charge in [-0.25, -0.2) is 4.57 Å². The maximum atomic E-state index is 2.58. The summed E-state index contributed by atoms with van der Waals surface area (Å²) in [5, 5.41) is 7.96. The Bertz CT molecular complexity index is 2390. The molecule has 2 heterocycles. The Balaban J connectivity index is 1.54. The van der Waals surface area contributed by atoms with E-state index in [1.807, 2.05) is 11.3 Å². The van der Waals surface area contributed by atoms with Crippen molar-refractivity contribution in [3.05, 3.63) is 120 Å². The molecule has 2 nitrogen and oxygen atoms in total. The van der Waals surface area contributed by atoms with Gasteiger partial charge in [0.1, 0.15) is 5.69 Å². The summed E-state index contributed by atoms with van der Waals surface area (Å²) in [6.07, 6.45) is 0. The lowest BCUT2D eigenvalue weighted by Crippen LogP contribution is -2.30. The molecule has 216 valence electrons. The number of nitrogens with zero attached hydrogens (tertiary/aromatic N) is 2. The fourth-order valence-electron chi connectivity index (χ4n) is 7.39. The van der Waals surface area contributed by atoms with Crippen LogP contribution in [-0.4, -0.2) is 4.57 Å². The number of para-hydroxylation sites is 3. The molecule has 0 radical (unpaired) electrons. The van der Waals surface area contributed by atoms with E-state index in [4.69, 9.17) is 0 Å². The van der Waals surface area contributed by atoms with E-state index in [9.17, 15) is 0 Å². The zero-order valence-electron chi connectivity index (χ0n) is 26.3. The molecule has 6 aromatic carbocycles. The molecule has 0 saturated carbocycles. The zero-order chi connectivity index (χ0) is 30.3. The van der Waals surface area contributed by atoms with Crippen molar-refractivity contribution in [1.29, 1.82) is 0 Å². The van der Waals surface area contributed by atoms with Crippen LogP contribution in [0.1, 0.15) is 56.2 Å². The average Bonchev–Trinajstić information content (AvgIpc) is 3.55. The van der Waals surface area contributed by atoms with Crippen LogP contribution in [0.25, 0.3) is 69.8 Å². The molecule has 0 amide bonds. The SMILES string of the molecule is Cc1ccc2c(sc3ccc4c5ccccc5ccc4c32)c1-c1n(-c2c(C(C)C)cccc2C(C)C)c2ccccc2[n+]1C. The second-order valence-electron chi connectivity index (χ2n) is 12.9. The molecule has 8 aromatic rings. The minimum atomic E-state index is 0.394. The van der Waals surface area contributed by atoms with Crippen LogP contribution < -0.4 is 4.57 Å². The number of thiophene rings is 1. The van der Waals surface area contributed by atoms with Crippen LogP contribution in [0.5, 0.6) is 0 Å². The van der Waals surface area contributed by atoms with Gasteiger partial charge in [-0.2, -0.15) is 4.57 Å².